The molecule has 0 aliphatic rings. The molecule has 0 rings (SSSR count). The highest BCUT2D eigenvalue weighted by atomic mass is 16.5. The summed E-state index contributed by atoms with van der Waals surface area (Å²) in [5, 5.41) is 56.6. The van der Waals surface area contributed by atoms with Crippen LogP contribution in [-0.2, 0) is 9.47 Å². The van der Waals surface area contributed by atoms with E-state index in [4.69, 9.17) is 29.9 Å². The van der Waals surface area contributed by atoms with Crippen molar-refractivity contribution in [1.29, 1.82) is 0 Å². The summed E-state index contributed by atoms with van der Waals surface area (Å²) < 4.78 is 11.6. The maximum atomic E-state index is 10.2. The Morgan fingerprint density at radius 1 is 0.645 bits per heavy atom. The second-order valence-electron chi connectivity index (χ2n) is 8.04. The van der Waals surface area contributed by atoms with Crippen LogP contribution in [-0.4, -0.2) is 145 Å². The molecule has 0 spiro atoms. The molecule has 2 atom stereocenters. The highest BCUT2D eigenvalue weighted by Crippen LogP contribution is 2.27. The van der Waals surface area contributed by atoms with E-state index in [-0.39, 0.29) is 45.1 Å². The van der Waals surface area contributed by atoms with Crippen LogP contribution in [0.5, 0.6) is 0 Å². The molecule has 0 aliphatic carbocycles. The average Bonchev–Trinajstić information content (AvgIpc) is 2.73. The van der Waals surface area contributed by atoms with Crippen molar-refractivity contribution in [3.63, 3.8) is 0 Å². The Hall–Kier alpha value is -0.400. The summed E-state index contributed by atoms with van der Waals surface area (Å²) in [7, 11) is 0. The lowest BCUT2D eigenvalue weighted by Crippen LogP contribution is -2.40. The number of hydrogen-bond donors (Lipinski definition) is 6. The predicted octanol–water partition coefficient (Wildman–Crippen LogP) is -1.88. The van der Waals surface area contributed by atoms with Crippen LogP contribution in [0.15, 0.2) is 0 Å². The summed E-state index contributed by atoms with van der Waals surface area (Å²) in [4.78, 5) is 3.56. The zero-order chi connectivity index (χ0) is 23.5. The predicted molar refractivity (Wildman–Crippen MR) is 118 cm³/mol. The largest absolute Gasteiger partial charge is 0.395 e. The standard InChI is InChI=1S/C21H46N2O8/c1-3-21(4-2,17-30-15-19(28)13-22(5-9-24)6-10-25)18-31-16-20(29)14-23(7-11-26)8-12-27/h19-20,24-29H,3-18H2,1-2H3. The Morgan fingerprint density at radius 3 is 1.23 bits per heavy atom. The fourth-order valence-corrected chi connectivity index (χ4v) is 3.38. The van der Waals surface area contributed by atoms with Gasteiger partial charge in [0.2, 0.25) is 0 Å². The molecule has 0 heterocycles. The van der Waals surface area contributed by atoms with E-state index in [1.165, 1.54) is 0 Å². The molecule has 10 nitrogen and oxygen atoms in total. The van der Waals surface area contributed by atoms with Gasteiger partial charge in [-0.25, -0.2) is 0 Å². The molecule has 0 fully saturated rings. The number of ether oxygens (including phenoxy) is 2. The van der Waals surface area contributed by atoms with Crippen LogP contribution in [0.1, 0.15) is 26.7 Å². The fourth-order valence-electron chi connectivity index (χ4n) is 3.38. The Labute approximate surface area is 187 Å². The smallest absolute Gasteiger partial charge is 0.0900 e. The number of aliphatic hydroxyl groups excluding tert-OH is 6. The normalized spacial score (nSPS) is 14.5. The molecule has 0 aromatic rings. The van der Waals surface area contributed by atoms with Crippen molar-refractivity contribution in [2.24, 2.45) is 5.41 Å². The first-order chi connectivity index (χ1) is 14.9. The van der Waals surface area contributed by atoms with Gasteiger partial charge in [-0.05, 0) is 12.8 Å². The average molecular weight is 455 g/mol. The molecule has 188 valence electrons. The molecule has 0 aliphatic heterocycles. The van der Waals surface area contributed by atoms with Gasteiger partial charge in [-0.2, -0.15) is 0 Å². The van der Waals surface area contributed by atoms with Gasteiger partial charge in [0.05, 0.1) is 65.1 Å². The molecule has 0 aromatic heterocycles. The monoisotopic (exact) mass is 454 g/mol. The minimum absolute atomic E-state index is 0.0384. The van der Waals surface area contributed by atoms with Gasteiger partial charge in [0, 0.05) is 44.7 Å². The van der Waals surface area contributed by atoms with Crippen LogP contribution in [0, 0.1) is 5.41 Å². The van der Waals surface area contributed by atoms with Crippen molar-refractivity contribution >= 4 is 0 Å². The topological polar surface area (TPSA) is 146 Å². The SMILES string of the molecule is CCC(CC)(COCC(O)CN(CCO)CCO)COCC(O)CN(CCO)CCO. The lowest BCUT2D eigenvalue weighted by atomic mass is 9.84. The maximum absolute atomic E-state index is 10.2. The number of rotatable bonds is 22. The first kappa shape index (κ1) is 30.6. The summed E-state index contributed by atoms with van der Waals surface area (Å²) in [6.45, 7) is 7.23. The summed E-state index contributed by atoms with van der Waals surface area (Å²) in [6.07, 6.45) is 0.184. The van der Waals surface area contributed by atoms with E-state index < -0.39 is 12.2 Å². The Bertz CT molecular complexity index is 358. The van der Waals surface area contributed by atoms with Gasteiger partial charge < -0.3 is 40.1 Å². The second kappa shape index (κ2) is 19.1. The lowest BCUT2D eigenvalue weighted by molar-refractivity contribution is -0.0687. The molecule has 2 unspecified atom stereocenters. The molecule has 10 heteroatoms. The molecular formula is C21H46N2O8. The third-order valence-electron chi connectivity index (χ3n) is 5.54. The summed E-state index contributed by atoms with van der Waals surface area (Å²) in [5.74, 6) is 0. The van der Waals surface area contributed by atoms with Gasteiger partial charge in [0.25, 0.3) is 0 Å². The van der Waals surface area contributed by atoms with Crippen molar-refractivity contribution in [2.75, 3.05) is 92.1 Å². The van der Waals surface area contributed by atoms with Gasteiger partial charge in [-0.15, -0.1) is 0 Å². The third-order valence-corrected chi connectivity index (χ3v) is 5.54. The minimum atomic E-state index is -0.726. The molecule has 0 amide bonds. The van der Waals surface area contributed by atoms with Crippen molar-refractivity contribution in [2.45, 2.75) is 38.9 Å². The van der Waals surface area contributed by atoms with Gasteiger partial charge in [-0.3, -0.25) is 9.80 Å². The van der Waals surface area contributed by atoms with Gasteiger partial charge in [-0.1, -0.05) is 13.8 Å². The fraction of sp³-hybridized carbons (Fsp3) is 1.00. The van der Waals surface area contributed by atoms with Crippen molar-refractivity contribution in [3.05, 3.63) is 0 Å². The quantitative estimate of drug-likeness (QED) is 0.110. The van der Waals surface area contributed by atoms with Gasteiger partial charge >= 0.3 is 0 Å². The number of nitrogens with zero attached hydrogens (tertiary/aromatic N) is 2. The molecule has 6 N–H and O–H groups in total. The van der Waals surface area contributed by atoms with Crippen molar-refractivity contribution in [3.8, 4) is 0 Å². The zero-order valence-corrected chi connectivity index (χ0v) is 19.4. The zero-order valence-electron chi connectivity index (χ0n) is 19.4. The summed E-state index contributed by atoms with van der Waals surface area (Å²) in [5.41, 5.74) is -0.231. The van der Waals surface area contributed by atoms with Crippen LogP contribution in [0.3, 0.4) is 0 Å². The van der Waals surface area contributed by atoms with Crippen LogP contribution in [0.2, 0.25) is 0 Å². The van der Waals surface area contributed by atoms with Crippen LogP contribution in [0.25, 0.3) is 0 Å². The molecule has 0 bridgehead atoms. The van der Waals surface area contributed by atoms with E-state index in [1.54, 1.807) is 9.80 Å². The highest BCUT2D eigenvalue weighted by molar-refractivity contribution is 4.77. The number of aliphatic hydroxyl groups is 6. The number of hydrogen-bond acceptors (Lipinski definition) is 10. The van der Waals surface area contributed by atoms with E-state index in [9.17, 15) is 10.2 Å². The van der Waals surface area contributed by atoms with Crippen LogP contribution < -0.4 is 0 Å². The summed E-state index contributed by atoms with van der Waals surface area (Å²) >= 11 is 0. The maximum Gasteiger partial charge on any atom is 0.0900 e. The van der Waals surface area contributed by atoms with Crippen molar-refractivity contribution in [1.82, 2.24) is 9.80 Å². The van der Waals surface area contributed by atoms with Gasteiger partial charge in [0.15, 0.2) is 0 Å². The highest BCUT2D eigenvalue weighted by Gasteiger charge is 2.28. The Morgan fingerprint density at radius 2 is 0.968 bits per heavy atom. The van der Waals surface area contributed by atoms with E-state index in [0.717, 1.165) is 12.8 Å². The molecule has 0 saturated heterocycles. The minimum Gasteiger partial charge on any atom is -0.395 e. The van der Waals surface area contributed by atoms with Crippen molar-refractivity contribution < 1.29 is 40.1 Å². The Kier molecular flexibility index (Phi) is 18.9. The molecule has 0 radical (unpaired) electrons. The first-order valence-electron chi connectivity index (χ1n) is 11.3. The van der Waals surface area contributed by atoms with E-state index in [0.29, 0.717) is 52.5 Å². The molecule has 31 heavy (non-hydrogen) atoms. The first-order valence-corrected chi connectivity index (χ1v) is 11.3. The van der Waals surface area contributed by atoms with Gasteiger partial charge in [0.1, 0.15) is 0 Å². The van der Waals surface area contributed by atoms with Crippen LogP contribution >= 0.6 is 0 Å². The van der Waals surface area contributed by atoms with E-state index in [2.05, 4.69) is 13.8 Å². The Balaban J connectivity index is 4.41. The van der Waals surface area contributed by atoms with E-state index in [1.807, 2.05) is 0 Å². The molecular weight excluding hydrogens is 408 g/mol. The summed E-state index contributed by atoms with van der Waals surface area (Å²) in [6, 6.07) is 0. The second-order valence-corrected chi connectivity index (χ2v) is 8.04. The van der Waals surface area contributed by atoms with Crippen LogP contribution in [0.4, 0.5) is 0 Å². The third kappa shape index (κ3) is 14.4. The van der Waals surface area contributed by atoms with E-state index >= 15 is 0 Å². The molecule has 0 saturated carbocycles. The lowest BCUT2D eigenvalue weighted by Gasteiger charge is -2.32. The molecule has 0 aromatic carbocycles.